The largest absolute Gasteiger partial charge is 0.299 e. The molecule has 1 aliphatic rings. The summed E-state index contributed by atoms with van der Waals surface area (Å²) in [5, 5.41) is 0.867. The monoisotopic (exact) mass is 282 g/mol. The number of aryl methyl sites for hydroxylation is 3. The Hall–Kier alpha value is -0.870. The topological polar surface area (TPSA) is 34.9 Å². The molecule has 1 aliphatic carbocycles. The van der Waals surface area contributed by atoms with E-state index in [1.54, 1.807) is 22.2 Å². The molecule has 0 saturated carbocycles. The molecule has 3 rings (SSSR count). The van der Waals surface area contributed by atoms with Crippen molar-refractivity contribution in [3.63, 3.8) is 0 Å². The van der Waals surface area contributed by atoms with E-state index in [2.05, 4.69) is 4.98 Å². The molecule has 0 saturated heterocycles. The number of alkyl halides is 1. The molecule has 0 radical (unpaired) electrons. The molecule has 18 heavy (non-hydrogen) atoms. The van der Waals surface area contributed by atoms with Crippen LogP contribution in [0.1, 0.15) is 29.7 Å². The molecule has 0 atom stereocenters. The third-order valence-corrected chi connectivity index (χ3v) is 4.94. The summed E-state index contributed by atoms with van der Waals surface area (Å²) in [6.07, 6.45) is 7.04. The second-order valence-electron chi connectivity index (χ2n) is 4.68. The predicted molar refractivity (Wildman–Crippen MR) is 75.9 cm³/mol. The SMILES string of the molecule is O=c1c2c3c(sc2ncn1CCCCl)CCCC3. The molecule has 0 aromatic carbocycles. The molecule has 0 fully saturated rings. The van der Waals surface area contributed by atoms with Gasteiger partial charge in [0.05, 0.1) is 11.7 Å². The fourth-order valence-corrected chi connectivity index (χ4v) is 3.91. The van der Waals surface area contributed by atoms with Crippen molar-refractivity contribution >= 4 is 33.2 Å². The van der Waals surface area contributed by atoms with Crippen LogP contribution in [0.4, 0.5) is 0 Å². The number of thiophene rings is 1. The van der Waals surface area contributed by atoms with E-state index in [9.17, 15) is 4.79 Å². The van der Waals surface area contributed by atoms with Gasteiger partial charge in [-0.1, -0.05) is 0 Å². The van der Waals surface area contributed by atoms with Crippen LogP contribution < -0.4 is 5.56 Å². The summed E-state index contributed by atoms with van der Waals surface area (Å²) in [6.45, 7) is 0.663. The highest BCUT2D eigenvalue weighted by atomic mass is 35.5. The maximum Gasteiger partial charge on any atom is 0.262 e. The lowest BCUT2D eigenvalue weighted by Crippen LogP contribution is -2.21. The molecular weight excluding hydrogens is 268 g/mol. The van der Waals surface area contributed by atoms with Gasteiger partial charge < -0.3 is 0 Å². The van der Waals surface area contributed by atoms with Gasteiger partial charge >= 0.3 is 0 Å². The summed E-state index contributed by atoms with van der Waals surface area (Å²) in [5.41, 5.74) is 1.38. The predicted octanol–water partition coefficient (Wildman–Crippen LogP) is 2.97. The van der Waals surface area contributed by atoms with Crippen LogP contribution in [0.25, 0.3) is 10.2 Å². The van der Waals surface area contributed by atoms with Gasteiger partial charge in [-0.05, 0) is 37.7 Å². The number of hydrogen-bond donors (Lipinski definition) is 0. The Morgan fingerprint density at radius 3 is 3.06 bits per heavy atom. The second-order valence-corrected chi connectivity index (χ2v) is 6.14. The quantitative estimate of drug-likeness (QED) is 0.811. The Balaban J connectivity index is 2.15. The fraction of sp³-hybridized carbons (Fsp3) is 0.538. The van der Waals surface area contributed by atoms with Gasteiger partial charge in [0.1, 0.15) is 4.83 Å². The first-order valence-electron chi connectivity index (χ1n) is 6.37. The normalized spacial score (nSPS) is 14.9. The summed E-state index contributed by atoms with van der Waals surface area (Å²) < 4.78 is 1.70. The molecule has 3 nitrogen and oxygen atoms in total. The van der Waals surface area contributed by atoms with Crippen molar-refractivity contribution in [3.8, 4) is 0 Å². The second kappa shape index (κ2) is 5.02. The van der Waals surface area contributed by atoms with Gasteiger partial charge in [-0.15, -0.1) is 22.9 Å². The van der Waals surface area contributed by atoms with Crippen LogP contribution in [0.2, 0.25) is 0 Å². The van der Waals surface area contributed by atoms with Gasteiger partial charge in [0.25, 0.3) is 5.56 Å². The van der Waals surface area contributed by atoms with E-state index < -0.39 is 0 Å². The molecular formula is C13H15ClN2OS. The number of hydrogen-bond acceptors (Lipinski definition) is 3. The number of fused-ring (bicyclic) bond motifs is 3. The number of nitrogens with zero attached hydrogens (tertiary/aromatic N) is 2. The van der Waals surface area contributed by atoms with E-state index >= 15 is 0 Å². The Kier molecular flexibility index (Phi) is 3.39. The van der Waals surface area contributed by atoms with Gasteiger partial charge in [-0.3, -0.25) is 9.36 Å². The van der Waals surface area contributed by atoms with Crippen LogP contribution >= 0.6 is 22.9 Å². The highest BCUT2D eigenvalue weighted by Gasteiger charge is 2.19. The van der Waals surface area contributed by atoms with Crippen LogP contribution in [-0.2, 0) is 19.4 Å². The first kappa shape index (κ1) is 12.2. The average Bonchev–Trinajstić information content (AvgIpc) is 2.77. The van der Waals surface area contributed by atoms with Crippen molar-refractivity contribution in [2.45, 2.75) is 38.6 Å². The van der Waals surface area contributed by atoms with E-state index in [0.717, 1.165) is 29.5 Å². The van der Waals surface area contributed by atoms with Crippen molar-refractivity contribution < 1.29 is 0 Å². The van der Waals surface area contributed by atoms with Crippen molar-refractivity contribution in [2.75, 3.05) is 5.88 Å². The van der Waals surface area contributed by atoms with E-state index in [1.165, 1.54) is 23.3 Å². The van der Waals surface area contributed by atoms with E-state index in [4.69, 9.17) is 11.6 Å². The lowest BCUT2D eigenvalue weighted by atomic mass is 9.97. The Bertz CT molecular complexity index is 632. The maximum atomic E-state index is 12.5. The van der Waals surface area contributed by atoms with Crippen LogP contribution in [-0.4, -0.2) is 15.4 Å². The Morgan fingerprint density at radius 1 is 1.39 bits per heavy atom. The Morgan fingerprint density at radius 2 is 2.22 bits per heavy atom. The Labute approximate surface area is 114 Å². The molecule has 2 aromatic heterocycles. The first-order chi connectivity index (χ1) is 8.81. The molecule has 0 spiro atoms. The van der Waals surface area contributed by atoms with Crippen LogP contribution in [0, 0.1) is 0 Å². The number of aromatic nitrogens is 2. The molecule has 0 bridgehead atoms. The number of rotatable bonds is 3. The highest BCUT2D eigenvalue weighted by Crippen LogP contribution is 2.33. The van der Waals surface area contributed by atoms with E-state index in [0.29, 0.717) is 12.4 Å². The molecule has 5 heteroatoms. The molecule has 0 amide bonds. The smallest absolute Gasteiger partial charge is 0.262 e. The zero-order valence-corrected chi connectivity index (χ0v) is 11.7. The summed E-state index contributed by atoms with van der Waals surface area (Å²) in [4.78, 5) is 19.2. The minimum atomic E-state index is 0.115. The zero-order valence-electron chi connectivity index (χ0n) is 10.1. The third-order valence-electron chi connectivity index (χ3n) is 3.47. The van der Waals surface area contributed by atoms with Crippen molar-refractivity contribution in [1.29, 1.82) is 0 Å². The lowest BCUT2D eigenvalue weighted by molar-refractivity contribution is 0.649. The average molecular weight is 283 g/mol. The van der Waals surface area contributed by atoms with Crippen molar-refractivity contribution in [1.82, 2.24) is 9.55 Å². The summed E-state index contributed by atoms with van der Waals surface area (Å²) in [5.74, 6) is 0.576. The van der Waals surface area contributed by atoms with Gasteiger partial charge in [0, 0.05) is 17.3 Å². The van der Waals surface area contributed by atoms with Crippen LogP contribution in [0.15, 0.2) is 11.1 Å². The molecule has 0 unspecified atom stereocenters. The van der Waals surface area contributed by atoms with Crippen LogP contribution in [0.5, 0.6) is 0 Å². The molecule has 2 aromatic rings. The number of halogens is 1. The molecule has 0 aliphatic heterocycles. The van der Waals surface area contributed by atoms with E-state index in [-0.39, 0.29) is 5.56 Å². The summed E-state index contributed by atoms with van der Waals surface area (Å²) >= 11 is 7.38. The van der Waals surface area contributed by atoms with Crippen molar-refractivity contribution in [3.05, 3.63) is 27.1 Å². The van der Waals surface area contributed by atoms with Gasteiger partial charge in [-0.2, -0.15) is 0 Å². The minimum absolute atomic E-state index is 0.115. The van der Waals surface area contributed by atoms with Gasteiger partial charge in [0.15, 0.2) is 0 Å². The first-order valence-corrected chi connectivity index (χ1v) is 7.72. The molecule has 0 N–H and O–H groups in total. The van der Waals surface area contributed by atoms with Gasteiger partial charge in [0.2, 0.25) is 0 Å². The molecule has 2 heterocycles. The van der Waals surface area contributed by atoms with Gasteiger partial charge in [-0.25, -0.2) is 4.98 Å². The fourth-order valence-electron chi connectivity index (χ4n) is 2.57. The highest BCUT2D eigenvalue weighted by molar-refractivity contribution is 7.18. The van der Waals surface area contributed by atoms with Crippen molar-refractivity contribution in [2.24, 2.45) is 0 Å². The lowest BCUT2D eigenvalue weighted by Gasteiger charge is -2.10. The minimum Gasteiger partial charge on any atom is -0.299 e. The zero-order chi connectivity index (χ0) is 12.5. The summed E-state index contributed by atoms with van der Waals surface area (Å²) in [6, 6.07) is 0. The van der Waals surface area contributed by atoms with E-state index in [1.807, 2.05) is 0 Å². The summed E-state index contributed by atoms with van der Waals surface area (Å²) in [7, 11) is 0. The standard InChI is InChI=1S/C13H15ClN2OS/c14-6-3-7-16-8-15-12-11(13(16)17)9-4-1-2-5-10(9)18-12/h8H,1-7H2. The third kappa shape index (κ3) is 1.97. The van der Waals surface area contributed by atoms with Crippen LogP contribution in [0.3, 0.4) is 0 Å². The molecule has 96 valence electrons. The maximum absolute atomic E-state index is 12.5.